The Morgan fingerprint density at radius 2 is 1.89 bits per heavy atom. The number of hydrogen-bond donors (Lipinski definition) is 1. The Morgan fingerprint density at radius 1 is 1.09 bits per heavy atom. The molecule has 220 valence electrons. The predicted molar refractivity (Wildman–Crippen MR) is 170 cm³/mol. The fourth-order valence-corrected chi connectivity index (χ4v) is 5.50. The molecule has 44 heavy (non-hydrogen) atoms. The lowest BCUT2D eigenvalue weighted by Crippen LogP contribution is -2.21. The van der Waals surface area contributed by atoms with E-state index in [2.05, 4.69) is 26.3 Å². The summed E-state index contributed by atoms with van der Waals surface area (Å²) in [5, 5.41) is 8.34. The second-order valence-electron chi connectivity index (χ2n) is 9.42. The van der Waals surface area contributed by atoms with Gasteiger partial charge in [-0.05, 0) is 70.5 Å². The van der Waals surface area contributed by atoms with Gasteiger partial charge in [-0.25, -0.2) is 9.37 Å². The van der Waals surface area contributed by atoms with Crippen LogP contribution in [0.25, 0.3) is 33.5 Å². The van der Waals surface area contributed by atoms with Crippen LogP contribution < -0.4 is 20.3 Å². The summed E-state index contributed by atoms with van der Waals surface area (Å²) in [6.45, 7) is -0.445. The van der Waals surface area contributed by atoms with Crippen LogP contribution in [0.15, 0.2) is 104 Å². The standard InChI is InChI=1S/C32H21BrClFN4O5/c1-42-26-11-6-12-27-21(26)15-28(44-27)31-38-24-9-4-2-7-20(24)32(41)39(31)36-16-18-13-19(34)14-22(33)30(18)43-17-29(40)37-25-10-5-3-8-23(25)35/h2-16H,17H2,1H3,(H,37,40). The Kier molecular flexibility index (Phi) is 8.14. The van der Waals surface area contributed by atoms with E-state index in [0.717, 1.165) is 4.68 Å². The molecular weight excluding hydrogens is 655 g/mol. The van der Waals surface area contributed by atoms with Gasteiger partial charge in [0.2, 0.25) is 5.82 Å². The highest BCUT2D eigenvalue weighted by Crippen LogP contribution is 2.34. The first kappa shape index (κ1) is 29.1. The first-order valence-electron chi connectivity index (χ1n) is 13.1. The minimum atomic E-state index is -0.586. The number of methoxy groups -OCH3 is 1. The Labute approximate surface area is 262 Å². The van der Waals surface area contributed by atoms with E-state index in [1.54, 1.807) is 73.8 Å². The van der Waals surface area contributed by atoms with Crippen LogP contribution in [0.4, 0.5) is 10.1 Å². The molecule has 6 aromatic rings. The number of hydrogen-bond acceptors (Lipinski definition) is 7. The molecule has 1 amide bonds. The number of para-hydroxylation sites is 2. The van der Waals surface area contributed by atoms with Crippen molar-refractivity contribution in [1.82, 2.24) is 9.66 Å². The zero-order valence-electron chi connectivity index (χ0n) is 22.9. The fraction of sp³-hybridized carbons (Fsp3) is 0.0625. The highest BCUT2D eigenvalue weighted by atomic mass is 79.9. The van der Waals surface area contributed by atoms with Crippen molar-refractivity contribution in [3.05, 3.63) is 116 Å². The first-order chi connectivity index (χ1) is 21.3. The molecule has 6 rings (SSSR count). The summed E-state index contributed by atoms with van der Waals surface area (Å²) < 4.78 is 32.9. The van der Waals surface area contributed by atoms with Crippen molar-refractivity contribution in [3.8, 4) is 23.1 Å². The maximum absolute atomic E-state index is 14.0. The molecule has 4 aromatic carbocycles. The monoisotopic (exact) mass is 674 g/mol. The Balaban J connectivity index is 1.40. The van der Waals surface area contributed by atoms with Crippen LogP contribution in [-0.2, 0) is 4.79 Å². The molecule has 0 radical (unpaired) electrons. The van der Waals surface area contributed by atoms with E-state index in [1.165, 1.54) is 24.4 Å². The molecule has 0 saturated carbocycles. The SMILES string of the molecule is COc1cccc2oc(-c3nc4ccccc4c(=O)n3N=Cc3cc(Cl)cc(Br)c3OCC(=O)Nc3ccccc3F)cc12. The Morgan fingerprint density at radius 3 is 2.70 bits per heavy atom. The topological polar surface area (TPSA) is 108 Å². The van der Waals surface area contributed by atoms with Crippen LogP contribution >= 0.6 is 27.5 Å². The second-order valence-corrected chi connectivity index (χ2v) is 10.7. The molecule has 0 aliphatic rings. The average Bonchev–Trinajstić information content (AvgIpc) is 3.46. The molecule has 1 N–H and O–H groups in total. The fourth-order valence-electron chi connectivity index (χ4n) is 4.55. The van der Waals surface area contributed by atoms with Gasteiger partial charge >= 0.3 is 0 Å². The van der Waals surface area contributed by atoms with Crippen molar-refractivity contribution < 1.29 is 23.1 Å². The maximum Gasteiger partial charge on any atom is 0.282 e. The van der Waals surface area contributed by atoms with Gasteiger partial charge in [0.25, 0.3) is 11.5 Å². The van der Waals surface area contributed by atoms with Gasteiger partial charge in [-0.1, -0.05) is 41.9 Å². The number of furan rings is 1. The highest BCUT2D eigenvalue weighted by molar-refractivity contribution is 9.10. The summed E-state index contributed by atoms with van der Waals surface area (Å²) >= 11 is 9.74. The summed E-state index contributed by atoms with van der Waals surface area (Å²) in [6, 6.07) is 22.9. The van der Waals surface area contributed by atoms with E-state index in [0.29, 0.717) is 42.7 Å². The Bertz CT molecular complexity index is 2150. The molecule has 0 aliphatic heterocycles. The first-order valence-corrected chi connectivity index (χ1v) is 14.3. The second kappa shape index (κ2) is 12.3. The van der Waals surface area contributed by atoms with Crippen molar-refractivity contribution in [3.63, 3.8) is 0 Å². The number of aromatic nitrogens is 2. The summed E-state index contributed by atoms with van der Waals surface area (Å²) in [5.41, 5.74) is 0.932. The summed E-state index contributed by atoms with van der Waals surface area (Å²) in [5.74, 6) is 0.0971. The van der Waals surface area contributed by atoms with Gasteiger partial charge in [0.15, 0.2) is 12.4 Å². The third kappa shape index (κ3) is 5.79. The van der Waals surface area contributed by atoms with Crippen molar-refractivity contribution in [2.45, 2.75) is 0 Å². The summed E-state index contributed by atoms with van der Waals surface area (Å²) in [7, 11) is 1.56. The molecular formula is C32H21BrClFN4O5. The number of carbonyl (C=O) groups is 1. The number of nitrogens with zero attached hydrogens (tertiary/aromatic N) is 3. The van der Waals surface area contributed by atoms with Crippen LogP contribution in [0.1, 0.15) is 5.56 Å². The van der Waals surface area contributed by atoms with E-state index in [4.69, 9.17) is 30.5 Å². The van der Waals surface area contributed by atoms with Gasteiger partial charge in [-0.3, -0.25) is 9.59 Å². The zero-order valence-corrected chi connectivity index (χ0v) is 25.2. The van der Waals surface area contributed by atoms with Crippen LogP contribution in [-0.4, -0.2) is 35.5 Å². The lowest BCUT2D eigenvalue weighted by atomic mass is 10.2. The molecule has 0 bridgehead atoms. The number of halogens is 3. The number of amides is 1. The van der Waals surface area contributed by atoms with E-state index in [-0.39, 0.29) is 23.0 Å². The smallest absolute Gasteiger partial charge is 0.282 e. The largest absolute Gasteiger partial charge is 0.496 e. The maximum atomic E-state index is 14.0. The number of fused-ring (bicyclic) bond motifs is 2. The van der Waals surface area contributed by atoms with Crippen molar-refractivity contribution in [2.24, 2.45) is 5.10 Å². The van der Waals surface area contributed by atoms with Gasteiger partial charge in [0.05, 0.1) is 39.8 Å². The van der Waals surface area contributed by atoms with Crippen LogP contribution in [0, 0.1) is 5.82 Å². The number of carbonyl (C=O) groups excluding carboxylic acids is 1. The molecule has 0 spiro atoms. The van der Waals surface area contributed by atoms with Crippen LogP contribution in [0.5, 0.6) is 11.5 Å². The van der Waals surface area contributed by atoms with Gasteiger partial charge in [0.1, 0.15) is 22.9 Å². The zero-order chi connectivity index (χ0) is 30.8. The summed E-state index contributed by atoms with van der Waals surface area (Å²) in [6.07, 6.45) is 1.37. The molecule has 0 fully saturated rings. The van der Waals surface area contributed by atoms with E-state index >= 15 is 0 Å². The normalized spacial score (nSPS) is 11.4. The van der Waals surface area contributed by atoms with Gasteiger partial charge in [-0.2, -0.15) is 9.78 Å². The van der Waals surface area contributed by atoms with Crippen LogP contribution in [0.3, 0.4) is 0 Å². The predicted octanol–water partition coefficient (Wildman–Crippen LogP) is 7.27. The minimum Gasteiger partial charge on any atom is -0.496 e. The summed E-state index contributed by atoms with van der Waals surface area (Å²) in [4.78, 5) is 31.0. The third-order valence-electron chi connectivity index (χ3n) is 6.56. The lowest BCUT2D eigenvalue weighted by molar-refractivity contribution is -0.118. The number of nitrogens with one attached hydrogen (secondary N) is 1. The molecule has 0 unspecified atom stereocenters. The van der Waals surface area contributed by atoms with E-state index in [1.807, 2.05) is 0 Å². The molecule has 2 aromatic heterocycles. The number of rotatable bonds is 8. The lowest BCUT2D eigenvalue weighted by Gasteiger charge is -2.13. The number of anilines is 1. The third-order valence-corrected chi connectivity index (χ3v) is 7.37. The molecule has 0 aliphatic carbocycles. The molecule has 9 nitrogen and oxygen atoms in total. The van der Waals surface area contributed by atoms with Gasteiger partial charge in [-0.15, -0.1) is 0 Å². The molecule has 2 heterocycles. The number of benzene rings is 4. The van der Waals surface area contributed by atoms with Crippen molar-refractivity contribution >= 4 is 67.2 Å². The molecule has 12 heteroatoms. The van der Waals surface area contributed by atoms with E-state index in [9.17, 15) is 14.0 Å². The quantitative estimate of drug-likeness (QED) is 0.170. The van der Waals surface area contributed by atoms with Gasteiger partial charge < -0.3 is 19.2 Å². The highest BCUT2D eigenvalue weighted by Gasteiger charge is 2.19. The van der Waals surface area contributed by atoms with Gasteiger partial charge in [0, 0.05) is 10.6 Å². The minimum absolute atomic E-state index is 0.0250. The molecule has 0 atom stereocenters. The number of ether oxygens (including phenoxy) is 2. The van der Waals surface area contributed by atoms with E-state index < -0.39 is 23.9 Å². The Hall–Kier alpha value is -5.00. The van der Waals surface area contributed by atoms with Crippen molar-refractivity contribution in [1.29, 1.82) is 0 Å². The van der Waals surface area contributed by atoms with Crippen LogP contribution in [0.2, 0.25) is 5.02 Å². The molecule has 0 saturated heterocycles. The average molecular weight is 676 g/mol. The van der Waals surface area contributed by atoms with Crippen molar-refractivity contribution in [2.75, 3.05) is 19.0 Å².